The molecule has 0 aliphatic carbocycles. The van der Waals surface area contributed by atoms with Gasteiger partial charge in [-0.15, -0.1) is 0 Å². The van der Waals surface area contributed by atoms with E-state index >= 15 is 0 Å². The summed E-state index contributed by atoms with van der Waals surface area (Å²) >= 11 is 0. The molecule has 6 heteroatoms. The zero-order valence-electron chi connectivity index (χ0n) is 11.4. The van der Waals surface area contributed by atoms with Crippen LogP contribution in [0.15, 0.2) is 16.9 Å². The summed E-state index contributed by atoms with van der Waals surface area (Å²) in [6, 6.07) is 3.39. The van der Waals surface area contributed by atoms with Crippen LogP contribution in [0, 0.1) is 6.92 Å². The molecular formula is C14H15NO5. The summed E-state index contributed by atoms with van der Waals surface area (Å²) in [6.07, 6.45) is -0.314. The molecule has 1 heterocycles. The second kappa shape index (κ2) is 5.24. The number of aromatic nitrogens is 1. The number of H-pyrrole nitrogens is 1. The molecule has 0 saturated heterocycles. The van der Waals surface area contributed by atoms with E-state index in [0.717, 1.165) is 5.39 Å². The van der Waals surface area contributed by atoms with Crippen LogP contribution < -0.4 is 15.0 Å². The topological polar surface area (TPSA) is 88.6 Å². The highest BCUT2D eigenvalue weighted by Gasteiger charge is 2.15. The molecule has 0 saturated carbocycles. The smallest absolute Gasteiger partial charge is 0.308 e. The molecule has 0 aliphatic rings. The van der Waals surface area contributed by atoms with Crippen LogP contribution in [-0.2, 0) is 11.2 Å². The number of aromatic amines is 1. The number of carboxylic acids is 1. The molecule has 0 bridgehead atoms. The molecular weight excluding hydrogens is 262 g/mol. The minimum absolute atomic E-state index is 0.247. The normalized spacial score (nSPS) is 10.6. The summed E-state index contributed by atoms with van der Waals surface area (Å²) < 4.78 is 10.4. The van der Waals surface area contributed by atoms with Gasteiger partial charge in [0.05, 0.1) is 26.2 Å². The van der Waals surface area contributed by atoms with Crippen molar-refractivity contribution in [2.24, 2.45) is 0 Å². The third-order valence-electron chi connectivity index (χ3n) is 3.23. The summed E-state index contributed by atoms with van der Waals surface area (Å²) in [5.74, 6) is -0.0177. The first-order valence-electron chi connectivity index (χ1n) is 5.97. The number of ether oxygens (including phenoxy) is 2. The molecule has 0 radical (unpaired) electrons. The molecule has 0 atom stereocenters. The van der Waals surface area contributed by atoms with Crippen LogP contribution in [0.25, 0.3) is 10.9 Å². The van der Waals surface area contributed by atoms with Crippen LogP contribution in [0.4, 0.5) is 0 Å². The van der Waals surface area contributed by atoms with E-state index in [1.807, 2.05) is 0 Å². The molecule has 0 amide bonds. The second-order valence-electron chi connectivity index (χ2n) is 4.38. The van der Waals surface area contributed by atoms with Crippen LogP contribution in [0.5, 0.6) is 11.5 Å². The summed E-state index contributed by atoms with van der Waals surface area (Å²) in [5.41, 5.74) is 1.06. The standard InChI is InChI=1S/C14H15NO5/c1-7-8-4-11(19-2)12(20-3)6-10(8)15-14(18)9(7)5-13(16)17/h4,6H,5H2,1-3H3,(H,15,18)(H,16,17). The van der Waals surface area contributed by atoms with Gasteiger partial charge in [0.15, 0.2) is 11.5 Å². The van der Waals surface area contributed by atoms with Crippen molar-refractivity contribution in [2.75, 3.05) is 14.2 Å². The number of benzene rings is 1. The fraction of sp³-hybridized carbons (Fsp3) is 0.286. The number of carboxylic acid groups (broad SMARTS) is 1. The van der Waals surface area contributed by atoms with Crippen LogP contribution in [0.2, 0.25) is 0 Å². The zero-order valence-corrected chi connectivity index (χ0v) is 11.4. The van der Waals surface area contributed by atoms with Gasteiger partial charge in [-0.05, 0) is 18.6 Å². The number of methoxy groups -OCH3 is 2. The number of fused-ring (bicyclic) bond motifs is 1. The van der Waals surface area contributed by atoms with Gasteiger partial charge in [-0.25, -0.2) is 0 Å². The minimum atomic E-state index is -1.04. The number of nitrogens with one attached hydrogen (secondary N) is 1. The monoisotopic (exact) mass is 277 g/mol. The number of hydrogen-bond donors (Lipinski definition) is 2. The van der Waals surface area contributed by atoms with Gasteiger partial charge >= 0.3 is 5.97 Å². The molecule has 1 aromatic heterocycles. The van der Waals surface area contributed by atoms with E-state index in [9.17, 15) is 9.59 Å². The fourth-order valence-corrected chi connectivity index (χ4v) is 2.19. The van der Waals surface area contributed by atoms with E-state index in [1.54, 1.807) is 19.1 Å². The molecule has 1 aromatic carbocycles. The molecule has 0 unspecified atom stereocenters. The van der Waals surface area contributed by atoms with Crippen molar-refractivity contribution in [2.45, 2.75) is 13.3 Å². The Hall–Kier alpha value is -2.50. The Balaban J connectivity index is 2.77. The molecule has 0 aliphatic heterocycles. The van der Waals surface area contributed by atoms with Crippen molar-refractivity contribution in [3.63, 3.8) is 0 Å². The number of pyridine rings is 1. The number of carbonyl (C=O) groups is 1. The molecule has 2 rings (SSSR count). The first-order chi connectivity index (χ1) is 9.47. The van der Waals surface area contributed by atoms with E-state index in [2.05, 4.69) is 4.98 Å². The van der Waals surface area contributed by atoms with Crippen LogP contribution in [0.3, 0.4) is 0 Å². The highest BCUT2D eigenvalue weighted by atomic mass is 16.5. The Bertz CT molecular complexity index is 732. The minimum Gasteiger partial charge on any atom is -0.493 e. The van der Waals surface area contributed by atoms with Gasteiger partial charge in [0.1, 0.15) is 0 Å². The van der Waals surface area contributed by atoms with E-state index in [1.165, 1.54) is 14.2 Å². The average molecular weight is 277 g/mol. The Morgan fingerprint density at radius 2 is 1.85 bits per heavy atom. The van der Waals surface area contributed by atoms with Crippen molar-refractivity contribution in [3.05, 3.63) is 33.6 Å². The predicted octanol–water partition coefficient (Wildman–Crippen LogP) is 1.48. The van der Waals surface area contributed by atoms with E-state index in [4.69, 9.17) is 14.6 Å². The quantitative estimate of drug-likeness (QED) is 0.883. The Morgan fingerprint density at radius 1 is 1.25 bits per heavy atom. The second-order valence-corrected chi connectivity index (χ2v) is 4.38. The van der Waals surface area contributed by atoms with Crippen molar-refractivity contribution in [3.8, 4) is 11.5 Å². The van der Waals surface area contributed by atoms with Gasteiger partial charge in [0, 0.05) is 17.0 Å². The maximum Gasteiger partial charge on any atom is 0.308 e. The van der Waals surface area contributed by atoms with Gasteiger partial charge in [0.2, 0.25) is 0 Å². The van der Waals surface area contributed by atoms with Gasteiger partial charge < -0.3 is 19.6 Å². The van der Waals surface area contributed by atoms with Crippen LogP contribution in [0.1, 0.15) is 11.1 Å². The zero-order chi connectivity index (χ0) is 14.9. The lowest BCUT2D eigenvalue weighted by Gasteiger charge is -2.12. The Morgan fingerprint density at radius 3 is 2.40 bits per heavy atom. The summed E-state index contributed by atoms with van der Waals surface area (Å²) in [5, 5.41) is 9.61. The third-order valence-corrected chi connectivity index (χ3v) is 3.23. The van der Waals surface area contributed by atoms with Crippen molar-refractivity contribution < 1.29 is 19.4 Å². The lowest BCUT2D eigenvalue weighted by atomic mass is 10.0. The third kappa shape index (κ3) is 2.32. The van der Waals surface area contributed by atoms with Gasteiger partial charge in [0.25, 0.3) is 5.56 Å². The van der Waals surface area contributed by atoms with E-state index in [0.29, 0.717) is 22.6 Å². The Kier molecular flexibility index (Phi) is 3.65. The van der Waals surface area contributed by atoms with E-state index < -0.39 is 11.5 Å². The molecule has 0 fully saturated rings. The Labute approximate surface area is 115 Å². The maximum atomic E-state index is 12.0. The highest BCUT2D eigenvalue weighted by Crippen LogP contribution is 2.32. The average Bonchev–Trinajstić information content (AvgIpc) is 2.42. The number of aryl methyl sites for hydroxylation is 1. The number of rotatable bonds is 4. The highest BCUT2D eigenvalue weighted by molar-refractivity contribution is 5.87. The number of aliphatic carboxylic acids is 1. The summed E-state index contributed by atoms with van der Waals surface area (Å²) in [4.78, 5) is 25.5. The van der Waals surface area contributed by atoms with Gasteiger partial charge in [-0.3, -0.25) is 9.59 Å². The fourth-order valence-electron chi connectivity index (χ4n) is 2.19. The summed E-state index contributed by atoms with van der Waals surface area (Å²) in [7, 11) is 3.02. The van der Waals surface area contributed by atoms with Crippen molar-refractivity contribution >= 4 is 16.9 Å². The van der Waals surface area contributed by atoms with Crippen molar-refractivity contribution in [1.29, 1.82) is 0 Å². The molecule has 2 N–H and O–H groups in total. The van der Waals surface area contributed by atoms with Crippen LogP contribution >= 0.6 is 0 Å². The van der Waals surface area contributed by atoms with Gasteiger partial charge in [-0.1, -0.05) is 0 Å². The lowest BCUT2D eigenvalue weighted by molar-refractivity contribution is -0.136. The molecule has 0 spiro atoms. The van der Waals surface area contributed by atoms with Gasteiger partial charge in [-0.2, -0.15) is 0 Å². The lowest BCUT2D eigenvalue weighted by Crippen LogP contribution is -2.18. The first-order valence-corrected chi connectivity index (χ1v) is 5.97. The molecule has 6 nitrogen and oxygen atoms in total. The largest absolute Gasteiger partial charge is 0.493 e. The molecule has 106 valence electrons. The SMILES string of the molecule is COc1cc2[nH]c(=O)c(CC(=O)O)c(C)c2cc1OC. The molecule has 20 heavy (non-hydrogen) atoms. The first kappa shape index (κ1) is 13.9. The van der Waals surface area contributed by atoms with Crippen LogP contribution in [-0.4, -0.2) is 30.3 Å². The number of hydrogen-bond acceptors (Lipinski definition) is 4. The van der Waals surface area contributed by atoms with E-state index in [-0.39, 0.29) is 12.0 Å². The predicted molar refractivity (Wildman–Crippen MR) is 73.7 cm³/mol. The molecule has 2 aromatic rings. The maximum absolute atomic E-state index is 12.0. The summed E-state index contributed by atoms with van der Waals surface area (Å²) in [6.45, 7) is 1.72. The van der Waals surface area contributed by atoms with Crippen molar-refractivity contribution in [1.82, 2.24) is 4.98 Å².